The molecule has 2 atom stereocenters. The van der Waals surface area contributed by atoms with Crippen molar-refractivity contribution >= 4 is 43.2 Å². The van der Waals surface area contributed by atoms with Crippen LogP contribution in [0.25, 0.3) is 10.2 Å². The number of aromatic nitrogens is 1. The van der Waals surface area contributed by atoms with Gasteiger partial charge in [0, 0.05) is 16.3 Å². The van der Waals surface area contributed by atoms with Gasteiger partial charge in [-0.3, -0.25) is 10.1 Å². The molecular weight excluding hydrogens is 304 g/mol. The van der Waals surface area contributed by atoms with E-state index in [1.165, 1.54) is 11.3 Å². The van der Waals surface area contributed by atoms with Gasteiger partial charge in [-0.1, -0.05) is 35.8 Å². The van der Waals surface area contributed by atoms with Crippen molar-refractivity contribution < 1.29 is 4.92 Å². The van der Waals surface area contributed by atoms with E-state index in [1.54, 1.807) is 5.51 Å². The highest BCUT2D eigenvalue weighted by Crippen LogP contribution is 2.37. The number of rotatable bonds is 3. The zero-order valence-electron chi connectivity index (χ0n) is 9.38. The van der Waals surface area contributed by atoms with Crippen LogP contribution in [0.2, 0.25) is 0 Å². The lowest BCUT2D eigenvalue weighted by atomic mass is 9.96. The summed E-state index contributed by atoms with van der Waals surface area (Å²) < 4.78 is 0.856. The molecule has 4 nitrogen and oxygen atoms in total. The van der Waals surface area contributed by atoms with Gasteiger partial charge < -0.3 is 0 Å². The first-order chi connectivity index (χ1) is 8.02. The summed E-state index contributed by atoms with van der Waals surface area (Å²) in [6.45, 7) is 3.96. The number of nitro benzene ring substituents is 1. The Balaban J connectivity index is 2.70. The SMILES string of the molecule is CC(Br)C(C)c1ccc2scnc2c1[N+](=O)[O-]. The van der Waals surface area contributed by atoms with Crippen LogP contribution in [0.3, 0.4) is 0 Å². The lowest BCUT2D eigenvalue weighted by Gasteiger charge is -2.14. The minimum absolute atomic E-state index is 0.0708. The minimum Gasteiger partial charge on any atom is -0.258 e. The molecule has 0 spiro atoms. The third-order valence-corrected chi connectivity index (χ3v) is 4.46. The Morgan fingerprint density at radius 2 is 2.18 bits per heavy atom. The number of alkyl halides is 1. The van der Waals surface area contributed by atoms with Gasteiger partial charge in [0.2, 0.25) is 0 Å². The van der Waals surface area contributed by atoms with E-state index in [0.717, 1.165) is 10.3 Å². The number of fused-ring (bicyclic) bond motifs is 1. The summed E-state index contributed by atoms with van der Waals surface area (Å²) in [5.41, 5.74) is 3.02. The highest BCUT2D eigenvalue weighted by molar-refractivity contribution is 9.09. The summed E-state index contributed by atoms with van der Waals surface area (Å²) >= 11 is 4.89. The van der Waals surface area contributed by atoms with Crippen LogP contribution in [-0.2, 0) is 0 Å². The predicted molar refractivity (Wildman–Crippen MR) is 73.1 cm³/mol. The Labute approximate surface area is 111 Å². The van der Waals surface area contributed by atoms with Gasteiger partial charge in [0.05, 0.1) is 15.1 Å². The molecule has 0 aliphatic heterocycles. The maximum atomic E-state index is 11.2. The summed E-state index contributed by atoms with van der Waals surface area (Å²) in [6.07, 6.45) is 0. The van der Waals surface area contributed by atoms with Crippen LogP contribution in [0.15, 0.2) is 17.6 Å². The van der Waals surface area contributed by atoms with E-state index in [2.05, 4.69) is 20.9 Å². The molecular formula is C11H11BrN2O2S. The Kier molecular flexibility index (Phi) is 3.44. The van der Waals surface area contributed by atoms with Crippen LogP contribution < -0.4 is 0 Å². The molecule has 2 aromatic rings. The van der Waals surface area contributed by atoms with Crippen molar-refractivity contribution in [1.29, 1.82) is 0 Å². The van der Waals surface area contributed by atoms with Crippen molar-refractivity contribution in [3.63, 3.8) is 0 Å². The molecule has 0 fully saturated rings. The molecule has 1 aromatic carbocycles. The third kappa shape index (κ3) is 2.19. The van der Waals surface area contributed by atoms with Gasteiger partial charge in [-0.05, 0) is 6.07 Å². The molecule has 6 heteroatoms. The quantitative estimate of drug-likeness (QED) is 0.487. The second-order valence-corrected chi connectivity index (χ2v) is 6.26. The van der Waals surface area contributed by atoms with E-state index in [-0.39, 0.29) is 21.4 Å². The first-order valence-electron chi connectivity index (χ1n) is 5.17. The zero-order valence-corrected chi connectivity index (χ0v) is 11.8. The van der Waals surface area contributed by atoms with Crippen LogP contribution in [-0.4, -0.2) is 14.7 Å². The number of hydrogen-bond donors (Lipinski definition) is 0. The van der Waals surface area contributed by atoms with E-state index in [0.29, 0.717) is 5.52 Å². The Hall–Kier alpha value is -1.01. The molecule has 0 aliphatic carbocycles. The molecule has 1 aromatic heterocycles. The molecule has 0 saturated carbocycles. The largest absolute Gasteiger partial charge is 0.299 e. The fourth-order valence-corrected chi connectivity index (χ4v) is 2.70. The van der Waals surface area contributed by atoms with Crippen molar-refractivity contribution in [2.75, 3.05) is 0 Å². The van der Waals surface area contributed by atoms with E-state index < -0.39 is 0 Å². The normalized spacial score (nSPS) is 14.8. The van der Waals surface area contributed by atoms with Gasteiger partial charge in [0.15, 0.2) is 5.52 Å². The predicted octanol–water partition coefficient (Wildman–Crippen LogP) is 4.09. The fraction of sp³-hybridized carbons (Fsp3) is 0.364. The number of nitrogens with zero attached hydrogens (tertiary/aromatic N) is 2. The average Bonchev–Trinajstić information content (AvgIpc) is 2.73. The molecule has 0 amide bonds. The smallest absolute Gasteiger partial charge is 0.258 e. The maximum Gasteiger partial charge on any atom is 0.299 e. The van der Waals surface area contributed by atoms with Crippen LogP contribution in [0.5, 0.6) is 0 Å². The Morgan fingerprint density at radius 1 is 1.47 bits per heavy atom. The second-order valence-electron chi connectivity index (χ2n) is 3.93. The topological polar surface area (TPSA) is 56.0 Å². The summed E-state index contributed by atoms with van der Waals surface area (Å²) in [5, 5.41) is 11.2. The summed E-state index contributed by atoms with van der Waals surface area (Å²) in [7, 11) is 0. The average molecular weight is 315 g/mol. The van der Waals surface area contributed by atoms with Crippen LogP contribution in [0.4, 0.5) is 5.69 Å². The van der Waals surface area contributed by atoms with Crippen molar-refractivity contribution in [2.45, 2.75) is 24.6 Å². The van der Waals surface area contributed by atoms with E-state index in [9.17, 15) is 10.1 Å². The summed E-state index contributed by atoms with van der Waals surface area (Å²) in [4.78, 5) is 15.2. The lowest BCUT2D eigenvalue weighted by molar-refractivity contribution is -0.384. The van der Waals surface area contributed by atoms with Gasteiger partial charge in [0.1, 0.15) is 0 Å². The number of benzene rings is 1. The molecule has 2 unspecified atom stereocenters. The van der Waals surface area contributed by atoms with E-state index in [1.807, 2.05) is 26.0 Å². The summed E-state index contributed by atoms with van der Waals surface area (Å²) in [6, 6.07) is 3.74. The molecule has 0 aliphatic rings. The molecule has 0 saturated heterocycles. The van der Waals surface area contributed by atoms with Crippen molar-refractivity contribution in [3.05, 3.63) is 33.3 Å². The van der Waals surface area contributed by atoms with Crippen molar-refractivity contribution in [1.82, 2.24) is 4.98 Å². The monoisotopic (exact) mass is 314 g/mol. The molecule has 0 radical (unpaired) electrons. The number of hydrogen-bond acceptors (Lipinski definition) is 4. The Bertz CT molecular complexity index is 568. The Morgan fingerprint density at radius 3 is 2.76 bits per heavy atom. The molecule has 0 bridgehead atoms. The second kappa shape index (κ2) is 4.70. The molecule has 2 rings (SSSR count). The molecule has 1 heterocycles. The highest BCUT2D eigenvalue weighted by Gasteiger charge is 2.25. The molecule has 17 heavy (non-hydrogen) atoms. The first kappa shape index (κ1) is 12.4. The van der Waals surface area contributed by atoms with Crippen LogP contribution >= 0.6 is 27.3 Å². The van der Waals surface area contributed by atoms with Gasteiger partial charge in [-0.15, -0.1) is 11.3 Å². The van der Waals surface area contributed by atoms with E-state index in [4.69, 9.17) is 0 Å². The number of halogens is 1. The molecule has 90 valence electrons. The van der Waals surface area contributed by atoms with Gasteiger partial charge in [-0.25, -0.2) is 4.98 Å². The van der Waals surface area contributed by atoms with Gasteiger partial charge in [-0.2, -0.15) is 0 Å². The third-order valence-electron chi connectivity index (χ3n) is 2.87. The highest BCUT2D eigenvalue weighted by atomic mass is 79.9. The standard InChI is InChI=1S/C11H11BrN2O2S/c1-6(7(2)12)8-3-4-9-10(13-5-17-9)11(8)14(15)16/h3-7H,1-2H3. The first-order valence-corrected chi connectivity index (χ1v) is 6.96. The van der Waals surface area contributed by atoms with Crippen LogP contribution in [0, 0.1) is 10.1 Å². The van der Waals surface area contributed by atoms with E-state index >= 15 is 0 Å². The zero-order chi connectivity index (χ0) is 12.6. The fourth-order valence-electron chi connectivity index (χ4n) is 1.74. The molecule has 0 N–H and O–H groups in total. The summed E-state index contributed by atoms with van der Waals surface area (Å²) in [5.74, 6) is 0.0708. The lowest BCUT2D eigenvalue weighted by Crippen LogP contribution is -2.07. The van der Waals surface area contributed by atoms with Gasteiger partial charge >= 0.3 is 0 Å². The maximum absolute atomic E-state index is 11.2. The van der Waals surface area contributed by atoms with Gasteiger partial charge in [0.25, 0.3) is 5.69 Å². The van der Waals surface area contributed by atoms with Crippen molar-refractivity contribution in [2.24, 2.45) is 0 Å². The number of thiazole rings is 1. The minimum atomic E-state index is -0.330. The van der Waals surface area contributed by atoms with Crippen molar-refractivity contribution in [3.8, 4) is 0 Å². The number of nitro groups is 1. The van der Waals surface area contributed by atoms with Crippen LogP contribution in [0.1, 0.15) is 25.3 Å².